The molecule has 1 aliphatic carbocycles. The first-order valence-electron chi connectivity index (χ1n) is 4.70. The van der Waals surface area contributed by atoms with Crippen molar-refractivity contribution in [2.45, 2.75) is 18.4 Å². The third-order valence-electron chi connectivity index (χ3n) is 2.52. The van der Waals surface area contributed by atoms with Gasteiger partial charge in [-0.05, 0) is 40.9 Å². The number of pyridine rings is 1. The second-order valence-electron chi connectivity index (χ2n) is 3.76. The number of hydrogen-bond donors (Lipinski definition) is 2. The molecule has 1 heterocycles. The van der Waals surface area contributed by atoms with Crippen LogP contribution in [-0.2, 0) is 0 Å². The minimum absolute atomic E-state index is 0.00268. The number of aliphatic hydroxyl groups excluding tert-OH is 1. The first-order valence-corrected chi connectivity index (χ1v) is 5.49. The third kappa shape index (κ3) is 2.35. The second kappa shape index (κ2) is 3.90. The van der Waals surface area contributed by atoms with Crippen molar-refractivity contribution in [3.8, 4) is 0 Å². The lowest BCUT2D eigenvalue weighted by atomic mass is 10.2. The van der Waals surface area contributed by atoms with Gasteiger partial charge in [0.2, 0.25) is 0 Å². The van der Waals surface area contributed by atoms with Crippen molar-refractivity contribution in [2.24, 2.45) is 0 Å². The number of nitrogens with zero attached hydrogens (tertiary/aromatic N) is 1. The fraction of sp³-hybridized carbons (Fsp3) is 0.400. The number of carbonyl (C=O) groups excluding carboxylic acids is 1. The molecule has 0 radical (unpaired) electrons. The zero-order valence-corrected chi connectivity index (χ0v) is 9.62. The molecule has 1 amide bonds. The number of aromatic nitrogens is 1. The first kappa shape index (κ1) is 10.6. The van der Waals surface area contributed by atoms with E-state index < -0.39 is 0 Å². The van der Waals surface area contributed by atoms with Gasteiger partial charge in [-0.25, -0.2) is 4.98 Å². The number of hydrogen-bond acceptors (Lipinski definition) is 3. The highest BCUT2D eigenvalue weighted by Crippen LogP contribution is 2.34. The largest absolute Gasteiger partial charge is 0.394 e. The van der Waals surface area contributed by atoms with Crippen molar-refractivity contribution in [1.29, 1.82) is 0 Å². The number of halogens is 1. The number of aliphatic hydroxyl groups is 1. The number of amides is 1. The molecule has 80 valence electrons. The van der Waals surface area contributed by atoms with Crippen molar-refractivity contribution in [2.75, 3.05) is 6.61 Å². The summed E-state index contributed by atoms with van der Waals surface area (Å²) < 4.78 is 0.697. The summed E-state index contributed by atoms with van der Waals surface area (Å²) in [5, 5.41) is 11.9. The standard InChI is InChI=1S/C10H11BrN2O2/c11-8-2-1-7(5-12-8)9(15)13-10(6-14)3-4-10/h1-2,5,14H,3-4,6H2,(H,13,15). The Kier molecular flexibility index (Phi) is 2.75. The van der Waals surface area contributed by atoms with E-state index in [1.165, 1.54) is 6.20 Å². The van der Waals surface area contributed by atoms with Gasteiger partial charge in [-0.3, -0.25) is 4.79 Å². The summed E-state index contributed by atoms with van der Waals surface area (Å²) in [6, 6.07) is 3.41. The predicted octanol–water partition coefficient (Wildman–Crippen LogP) is 1.10. The smallest absolute Gasteiger partial charge is 0.253 e. The molecule has 1 aromatic rings. The summed E-state index contributed by atoms with van der Waals surface area (Å²) in [7, 11) is 0. The van der Waals surface area contributed by atoms with E-state index in [1.807, 2.05) is 0 Å². The molecule has 2 rings (SSSR count). The van der Waals surface area contributed by atoms with Crippen LogP contribution in [0.2, 0.25) is 0 Å². The molecule has 0 unspecified atom stereocenters. The molecule has 0 atom stereocenters. The summed E-state index contributed by atoms with van der Waals surface area (Å²) in [6.07, 6.45) is 3.20. The van der Waals surface area contributed by atoms with Crippen molar-refractivity contribution >= 4 is 21.8 Å². The Balaban J connectivity index is 2.05. The van der Waals surface area contributed by atoms with E-state index in [-0.39, 0.29) is 18.1 Å². The van der Waals surface area contributed by atoms with Gasteiger partial charge in [0.1, 0.15) is 4.60 Å². The Hall–Kier alpha value is -0.940. The van der Waals surface area contributed by atoms with Crippen LogP contribution in [0, 0.1) is 0 Å². The Morgan fingerprint density at radius 2 is 2.33 bits per heavy atom. The maximum atomic E-state index is 11.7. The van der Waals surface area contributed by atoms with E-state index in [2.05, 4.69) is 26.2 Å². The molecular formula is C10H11BrN2O2. The third-order valence-corrected chi connectivity index (χ3v) is 2.99. The number of nitrogens with one attached hydrogen (secondary N) is 1. The van der Waals surface area contributed by atoms with Gasteiger partial charge in [0.15, 0.2) is 0 Å². The quantitative estimate of drug-likeness (QED) is 0.809. The molecule has 2 N–H and O–H groups in total. The molecule has 1 aliphatic rings. The van der Waals surface area contributed by atoms with E-state index in [9.17, 15) is 4.79 Å². The summed E-state index contributed by atoms with van der Waals surface area (Å²) >= 11 is 3.20. The number of carbonyl (C=O) groups is 1. The van der Waals surface area contributed by atoms with Gasteiger partial charge in [-0.1, -0.05) is 0 Å². The maximum absolute atomic E-state index is 11.7. The fourth-order valence-electron chi connectivity index (χ4n) is 1.30. The van der Waals surface area contributed by atoms with E-state index in [0.29, 0.717) is 10.2 Å². The summed E-state index contributed by atoms with van der Waals surface area (Å²) in [6.45, 7) is 0.00268. The normalized spacial score (nSPS) is 17.2. The van der Waals surface area contributed by atoms with E-state index in [1.54, 1.807) is 12.1 Å². The Labute approximate surface area is 95.8 Å². The van der Waals surface area contributed by atoms with Gasteiger partial charge < -0.3 is 10.4 Å². The van der Waals surface area contributed by atoms with Gasteiger partial charge in [0.25, 0.3) is 5.91 Å². The minimum atomic E-state index is -0.371. The van der Waals surface area contributed by atoms with Crippen molar-refractivity contribution in [3.05, 3.63) is 28.5 Å². The van der Waals surface area contributed by atoms with Crippen LogP contribution in [-0.4, -0.2) is 28.1 Å². The van der Waals surface area contributed by atoms with Gasteiger partial charge in [-0.2, -0.15) is 0 Å². The average Bonchev–Trinajstić information content (AvgIpc) is 2.99. The highest BCUT2D eigenvalue weighted by Gasteiger charge is 2.43. The molecule has 0 spiro atoms. The first-order chi connectivity index (χ1) is 7.15. The molecule has 15 heavy (non-hydrogen) atoms. The lowest BCUT2D eigenvalue weighted by Gasteiger charge is -2.13. The van der Waals surface area contributed by atoms with Crippen LogP contribution in [0.3, 0.4) is 0 Å². The molecule has 1 fully saturated rings. The van der Waals surface area contributed by atoms with Crippen LogP contribution >= 0.6 is 15.9 Å². The molecule has 0 saturated heterocycles. The summed E-state index contributed by atoms with van der Waals surface area (Å²) in [5.74, 6) is -0.179. The van der Waals surface area contributed by atoms with Gasteiger partial charge >= 0.3 is 0 Å². The van der Waals surface area contributed by atoms with E-state index in [0.717, 1.165) is 12.8 Å². The van der Waals surface area contributed by atoms with Crippen molar-refractivity contribution in [1.82, 2.24) is 10.3 Å². The topological polar surface area (TPSA) is 62.2 Å². The van der Waals surface area contributed by atoms with Gasteiger partial charge in [-0.15, -0.1) is 0 Å². The van der Waals surface area contributed by atoms with Crippen molar-refractivity contribution < 1.29 is 9.90 Å². The zero-order chi connectivity index (χ0) is 10.9. The van der Waals surface area contributed by atoms with Crippen LogP contribution in [0.4, 0.5) is 0 Å². The van der Waals surface area contributed by atoms with E-state index >= 15 is 0 Å². The monoisotopic (exact) mass is 270 g/mol. The predicted molar refractivity (Wildman–Crippen MR) is 58.5 cm³/mol. The molecule has 5 heteroatoms. The van der Waals surface area contributed by atoms with Crippen LogP contribution in [0.25, 0.3) is 0 Å². The number of rotatable bonds is 3. The van der Waals surface area contributed by atoms with Crippen LogP contribution in [0.5, 0.6) is 0 Å². The lowest BCUT2D eigenvalue weighted by Crippen LogP contribution is -2.39. The Bertz CT molecular complexity index is 374. The fourth-order valence-corrected chi connectivity index (χ4v) is 1.53. The molecule has 4 nitrogen and oxygen atoms in total. The van der Waals surface area contributed by atoms with Gasteiger partial charge in [0.05, 0.1) is 17.7 Å². The molecule has 1 aromatic heterocycles. The summed E-state index contributed by atoms with van der Waals surface area (Å²) in [4.78, 5) is 15.7. The molecule has 0 bridgehead atoms. The highest BCUT2D eigenvalue weighted by atomic mass is 79.9. The maximum Gasteiger partial charge on any atom is 0.253 e. The summed E-state index contributed by atoms with van der Waals surface area (Å²) in [5.41, 5.74) is 0.141. The SMILES string of the molecule is O=C(NC1(CO)CC1)c1ccc(Br)nc1. The van der Waals surface area contributed by atoms with Crippen LogP contribution in [0.1, 0.15) is 23.2 Å². The van der Waals surface area contributed by atoms with Crippen LogP contribution in [0.15, 0.2) is 22.9 Å². The van der Waals surface area contributed by atoms with Crippen LogP contribution < -0.4 is 5.32 Å². The average molecular weight is 271 g/mol. The highest BCUT2D eigenvalue weighted by molar-refractivity contribution is 9.10. The molecule has 0 aromatic carbocycles. The lowest BCUT2D eigenvalue weighted by molar-refractivity contribution is 0.0906. The van der Waals surface area contributed by atoms with Crippen molar-refractivity contribution in [3.63, 3.8) is 0 Å². The Morgan fingerprint density at radius 3 is 2.80 bits per heavy atom. The molecule has 0 aliphatic heterocycles. The Morgan fingerprint density at radius 1 is 1.60 bits per heavy atom. The minimum Gasteiger partial charge on any atom is -0.394 e. The van der Waals surface area contributed by atoms with Gasteiger partial charge in [0, 0.05) is 6.20 Å². The molecular weight excluding hydrogens is 260 g/mol. The second-order valence-corrected chi connectivity index (χ2v) is 4.57. The molecule has 1 saturated carbocycles. The van der Waals surface area contributed by atoms with E-state index in [4.69, 9.17) is 5.11 Å². The zero-order valence-electron chi connectivity index (χ0n) is 8.03.